The Balaban J connectivity index is 2.19. The maximum absolute atomic E-state index is 13.3. The number of hydrogen-bond acceptors (Lipinski definition) is 2. The first-order chi connectivity index (χ1) is 9.82. The van der Waals surface area contributed by atoms with Gasteiger partial charge in [-0.2, -0.15) is 5.10 Å². The van der Waals surface area contributed by atoms with E-state index in [0.717, 1.165) is 27.8 Å². The van der Waals surface area contributed by atoms with Crippen molar-refractivity contribution in [1.29, 1.82) is 0 Å². The van der Waals surface area contributed by atoms with Crippen molar-refractivity contribution < 1.29 is 4.39 Å². The van der Waals surface area contributed by atoms with E-state index in [2.05, 4.69) is 28.0 Å². The fourth-order valence-electron chi connectivity index (χ4n) is 2.57. The third-order valence-corrected chi connectivity index (χ3v) is 4.49. The Morgan fingerprint density at radius 3 is 2.67 bits per heavy atom. The van der Waals surface area contributed by atoms with Crippen molar-refractivity contribution in [3.8, 4) is 0 Å². The molecule has 0 radical (unpaired) electrons. The first-order valence-corrected chi connectivity index (χ1v) is 7.85. The van der Waals surface area contributed by atoms with E-state index in [1.807, 2.05) is 24.7 Å². The molecule has 0 aliphatic carbocycles. The van der Waals surface area contributed by atoms with E-state index in [1.54, 1.807) is 12.1 Å². The summed E-state index contributed by atoms with van der Waals surface area (Å²) in [6.07, 6.45) is 2.16. The van der Waals surface area contributed by atoms with Crippen LogP contribution < -0.4 is 5.73 Å². The summed E-state index contributed by atoms with van der Waals surface area (Å²) in [7, 11) is 1.93. The summed E-state index contributed by atoms with van der Waals surface area (Å²) < 4.78 is 16.2. The number of aromatic nitrogens is 2. The molecule has 0 aliphatic rings. The summed E-state index contributed by atoms with van der Waals surface area (Å²) in [6.45, 7) is 4.06. The lowest BCUT2D eigenvalue weighted by Gasteiger charge is -2.25. The number of rotatable bonds is 5. The molecule has 1 aromatic carbocycles. The van der Waals surface area contributed by atoms with Crippen LogP contribution in [0.3, 0.4) is 0 Å². The summed E-state index contributed by atoms with van der Waals surface area (Å²) in [5, 5.41) is 4.49. The number of hydrogen-bond donors (Lipinski definition) is 1. The highest BCUT2D eigenvalue weighted by atomic mass is 79.9. The van der Waals surface area contributed by atoms with Crippen LogP contribution in [-0.2, 0) is 26.3 Å². The van der Waals surface area contributed by atoms with Crippen molar-refractivity contribution in [3.63, 3.8) is 0 Å². The van der Waals surface area contributed by atoms with Gasteiger partial charge < -0.3 is 5.73 Å². The van der Waals surface area contributed by atoms with Crippen molar-refractivity contribution in [2.75, 3.05) is 0 Å². The lowest BCUT2D eigenvalue weighted by Crippen LogP contribution is -2.41. The average molecular weight is 354 g/mol. The summed E-state index contributed by atoms with van der Waals surface area (Å²) in [5.41, 5.74) is 9.00. The molecule has 3 nitrogen and oxygen atoms in total. The van der Waals surface area contributed by atoms with Crippen molar-refractivity contribution in [2.45, 2.75) is 38.6 Å². The predicted molar refractivity (Wildman–Crippen MR) is 86.7 cm³/mol. The zero-order valence-electron chi connectivity index (χ0n) is 12.7. The normalized spacial score (nSPS) is 14.2. The van der Waals surface area contributed by atoms with Gasteiger partial charge in [-0.05, 0) is 53.4 Å². The Morgan fingerprint density at radius 2 is 2.10 bits per heavy atom. The van der Waals surface area contributed by atoms with Gasteiger partial charge in [0.1, 0.15) is 5.82 Å². The highest BCUT2D eigenvalue weighted by molar-refractivity contribution is 9.10. The minimum Gasteiger partial charge on any atom is -0.325 e. The molecule has 2 aromatic rings. The third kappa shape index (κ3) is 3.92. The summed E-state index contributed by atoms with van der Waals surface area (Å²) in [5.74, 6) is -0.224. The first kappa shape index (κ1) is 16.2. The molecule has 2 N–H and O–H groups in total. The Morgan fingerprint density at radius 1 is 1.38 bits per heavy atom. The Kier molecular flexibility index (Phi) is 4.84. The van der Waals surface area contributed by atoms with Crippen LogP contribution in [0, 0.1) is 5.82 Å². The number of benzene rings is 1. The molecule has 5 heteroatoms. The van der Waals surface area contributed by atoms with E-state index >= 15 is 0 Å². The van der Waals surface area contributed by atoms with Crippen LogP contribution in [0.25, 0.3) is 0 Å². The van der Waals surface area contributed by atoms with Gasteiger partial charge in [0.05, 0.1) is 15.9 Å². The molecule has 0 aliphatic heterocycles. The van der Waals surface area contributed by atoms with Crippen molar-refractivity contribution in [3.05, 3.63) is 51.5 Å². The quantitative estimate of drug-likeness (QED) is 0.895. The molecule has 0 saturated carbocycles. The molecule has 1 atom stereocenters. The topological polar surface area (TPSA) is 43.8 Å². The van der Waals surface area contributed by atoms with E-state index in [1.165, 1.54) is 6.07 Å². The van der Waals surface area contributed by atoms with Crippen molar-refractivity contribution in [1.82, 2.24) is 9.78 Å². The van der Waals surface area contributed by atoms with Crippen LogP contribution in [0.4, 0.5) is 4.39 Å². The van der Waals surface area contributed by atoms with Gasteiger partial charge >= 0.3 is 0 Å². The van der Waals surface area contributed by atoms with Gasteiger partial charge in [-0.15, -0.1) is 0 Å². The second kappa shape index (κ2) is 6.28. The molecule has 0 amide bonds. The highest BCUT2D eigenvalue weighted by Crippen LogP contribution is 2.26. The summed E-state index contributed by atoms with van der Waals surface area (Å²) >= 11 is 3.61. The molecule has 0 bridgehead atoms. The molecule has 1 heterocycles. The number of nitrogens with two attached hydrogens (primary N) is 1. The van der Waals surface area contributed by atoms with Crippen LogP contribution in [0.5, 0.6) is 0 Å². The largest absolute Gasteiger partial charge is 0.325 e. The van der Waals surface area contributed by atoms with Gasteiger partial charge in [0, 0.05) is 19.0 Å². The van der Waals surface area contributed by atoms with Gasteiger partial charge in [-0.3, -0.25) is 4.68 Å². The maximum atomic E-state index is 13.3. The number of nitrogens with zero attached hydrogens (tertiary/aromatic N) is 2. The monoisotopic (exact) mass is 353 g/mol. The molecule has 2 rings (SSSR count). The minimum absolute atomic E-state index is 0.224. The summed E-state index contributed by atoms with van der Waals surface area (Å²) in [4.78, 5) is 0. The molecule has 21 heavy (non-hydrogen) atoms. The molecular weight excluding hydrogens is 333 g/mol. The molecule has 114 valence electrons. The fraction of sp³-hybridized carbons (Fsp3) is 0.438. The lowest BCUT2D eigenvalue weighted by molar-refractivity contribution is 0.445. The van der Waals surface area contributed by atoms with Crippen LogP contribution in [0.15, 0.2) is 28.7 Å². The van der Waals surface area contributed by atoms with Crippen LogP contribution in [-0.4, -0.2) is 15.3 Å². The molecule has 0 spiro atoms. The summed E-state index contributed by atoms with van der Waals surface area (Å²) in [6, 6.07) is 6.61. The van der Waals surface area contributed by atoms with Gasteiger partial charge in [0.15, 0.2) is 0 Å². The smallest absolute Gasteiger partial charge is 0.123 e. The zero-order chi connectivity index (χ0) is 15.6. The van der Waals surface area contributed by atoms with E-state index < -0.39 is 5.54 Å². The Labute approximate surface area is 133 Å². The van der Waals surface area contributed by atoms with Crippen LogP contribution >= 0.6 is 15.9 Å². The number of aryl methyl sites for hydroxylation is 2. The SMILES string of the molecule is CCc1nn(C)c(CC(C)(N)Cc2cccc(F)c2)c1Br. The van der Waals surface area contributed by atoms with Gasteiger partial charge in [0.25, 0.3) is 0 Å². The second-order valence-corrected chi connectivity index (χ2v) is 6.62. The predicted octanol–water partition coefficient (Wildman–Crippen LogP) is 3.39. The number of halogens is 2. The van der Waals surface area contributed by atoms with E-state index in [9.17, 15) is 4.39 Å². The van der Waals surface area contributed by atoms with Crippen LogP contribution in [0.2, 0.25) is 0 Å². The van der Waals surface area contributed by atoms with Gasteiger partial charge in [0.2, 0.25) is 0 Å². The molecule has 1 unspecified atom stereocenters. The van der Waals surface area contributed by atoms with Crippen molar-refractivity contribution in [2.24, 2.45) is 12.8 Å². The molecule has 1 aromatic heterocycles. The van der Waals surface area contributed by atoms with Crippen molar-refractivity contribution >= 4 is 15.9 Å². The van der Waals surface area contributed by atoms with E-state index in [0.29, 0.717) is 12.8 Å². The maximum Gasteiger partial charge on any atom is 0.123 e. The third-order valence-electron chi connectivity index (χ3n) is 3.57. The minimum atomic E-state index is -0.463. The zero-order valence-corrected chi connectivity index (χ0v) is 14.2. The van der Waals surface area contributed by atoms with Gasteiger partial charge in [-0.1, -0.05) is 19.1 Å². The lowest BCUT2D eigenvalue weighted by atomic mass is 9.89. The molecule has 0 saturated heterocycles. The standard InChI is InChI=1S/C16H21BrFN3/c1-4-13-15(17)14(21(3)20-13)10-16(2,19)9-11-6-5-7-12(18)8-11/h5-8H,4,9-10,19H2,1-3H3. The highest BCUT2D eigenvalue weighted by Gasteiger charge is 2.24. The fourth-order valence-corrected chi connectivity index (χ4v) is 3.33. The molecular formula is C16H21BrFN3. The van der Waals surface area contributed by atoms with E-state index in [4.69, 9.17) is 5.73 Å². The first-order valence-electron chi connectivity index (χ1n) is 7.06. The Hall–Kier alpha value is -1.20. The second-order valence-electron chi connectivity index (χ2n) is 5.82. The average Bonchev–Trinajstić information content (AvgIpc) is 2.65. The van der Waals surface area contributed by atoms with Gasteiger partial charge in [-0.25, -0.2) is 4.39 Å². The van der Waals surface area contributed by atoms with E-state index in [-0.39, 0.29) is 5.82 Å². The Bertz CT molecular complexity index is 634. The molecule has 0 fully saturated rings. The van der Waals surface area contributed by atoms with Crippen LogP contribution in [0.1, 0.15) is 30.8 Å².